The topological polar surface area (TPSA) is 37.3 Å². The summed E-state index contributed by atoms with van der Waals surface area (Å²) >= 11 is 5.89. The van der Waals surface area contributed by atoms with Gasteiger partial charge < -0.3 is 5.11 Å². The van der Waals surface area contributed by atoms with Crippen LogP contribution in [0.15, 0.2) is 0 Å². The SMILES string of the molecule is CCCCCCCCCCCC(Cl)CC(=O)O. The number of unbranched alkanes of at least 4 members (excludes halogenated alkanes) is 8. The zero-order valence-corrected chi connectivity index (χ0v) is 11.8. The van der Waals surface area contributed by atoms with E-state index in [-0.39, 0.29) is 11.8 Å². The van der Waals surface area contributed by atoms with Crippen LogP contribution in [0.2, 0.25) is 0 Å². The second-order valence-corrected chi connectivity index (χ2v) is 5.43. The minimum Gasteiger partial charge on any atom is -0.481 e. The second kappa shape index (κ2) is 12.2. The largest absolute Gasteiger partial charge is 0.481 e. The van der Waals surface area contributed by atoms with Crippen molar-refractivity contribution in [3.05, 3.63) is 0 Å². The van der Waals surface area contributed by atoms with Crippen molar-refractivity contribution in [3.63, 3.8) is 0 Å². The van der Waals surface area contributed by atoms with Gasteiger partial charge >= 0.3 is 5.97 Å². The molecule has 3 heteroatoms. The monoisotopic (exact) mass is 262 g/mol. The normalized spacial score (nSPS) is 12.6. The lowest BCUT2D eigenvalue weighted by molar-refractivity contribution is -0.137. The average Bonchev–Trinajstić information content (AvgIpc) is 2.26. The van der Waals surface area contributed by atoms with E-state index in [0.717, 1.165) is 12.8 Å². The number of halogens is 1. The minimum atomic E-state index is -0.791. The van der Waals surface area contributed by atoms with E-state index in [1.807, 2.05) is 0 Å². The van der Waals surface area contributed by atoms with Crippen molar-refractivity contribution in [2.24, 2.45) is 0 Å². The van der Waals surface area contributed by atoms with Gasteiger partial charge in [0.1, 0.15) is 0 Å². The van der Waals surface area contributed by atoms with Gasteiger partial charge in [0.15, 0.2) is 0 Å². The molecular formula is C14H27ClO2. The molecule has 0 spiro atoms. The highest BCUT2D eigenvalue weighted by Crippen LogP contribution is 2.15. The Hall–Kier alpha value is -0.240. The summed E-state index contributed by atoms with van der Waals surface area (Å²) in [6.45, 7) is 2.24. The summed E-state index contributed by atoms with van der Waals surface area (Å²) in [5.41, 5.74) is 0. The predicted octanol–water partition coefficient (Wildman–Crippen LogP) is 4.99. The minimum absolute atomic E-state index is 0.0958. The van der Waals surface area contributed by atoms with E-state index in [4.69, 9.17) is 16.7 Å². The number of carboxylic acids is 1. The number of aliphatic carboxylic acids is 1. The molecule has 0 aliphatic heterocycles. The maximum absolute atomic E-state index is 10.4. The van der Waals surface area contributed by atoms with Crippen LogP contribution in [0.3, 0.4) is 0 Å². The fourth-order valence-electron chi connectivity index (χ4n) is 1.97. The summed E-state index contributed by atoms with van der Waals surface area (Å²) in [5.74, 6) is -0.791. The molecular weight excluding hydrogens is 236 g/mol. The first-order chi connectivity index (χ1) is 8.16. The molecule has 0 aliphatic rings. The van der Waals surface area contributed by atoms with E-state index in [9.17, 15) is 4.79 Å². The molecule has 0 amide bonds. The van der Waals surface area contributed by atoms with Crippen LogP contribution in [0.4, 0.5) is 0 Å². The average molecular weight is 263 g/mol. The summed E-state index contributed by atoms with van der Waals surface area (Å²) < 4.78 is 0. The molecule has 2 nitrogen and oxygen atoms in total. The van der Waals surface area contributed by atoms with E-state index >= 15 is 0 Å². The van der Waals surface area contributed by atoms with Gasteiger partial charge in [0, 0.05) is 5.38 Å². The van der Waals surface area contributed by atoms with Crippen LogP contribution < -0.4 is 0 Å². The van der Waals surface area contributed by atoms with Crippen LogP contribution in [0.25, 0.3) is 0 Å². The van der Waals surface area contributed by atoms with E-state index in [1.54, 1.807) is 0 Å². The van der Waals surface area contributed by atoms with E-state index in [2.05, 4.69) is 6.92 Å². The van der Waals surface area contributed by atoms with Gasteiger partial charge in [-0.05, 0) is 6.42 Å². The second-order valence-electron chi connectivity index (χ2n) is 4.81. The lowest BCUT2D eigenvalue weighted by Crippen LogP contribution is -2.06. The van der Waals surface area contributed by atoms with Gasteiger partial charge in [-0.15, -0.1) is 11.6 Å². The molecule has 0 aliphatic carbocycles. The van der Waals surface area contributed by atoms with Crippen molar-refractivity contribution in [3.8, 4) is 0 Å². The van der Waals surface area contributed by atoms with Crippen molar-refractivity contribution >= 4 is 17.6 Å². The third kappa shape index (κ3) is 13.7. The van der Waals surface area contributed by atoms with Crippen LogP contribution in [-0.2, 0) is 4.79 Å². The molecule has 0 bridgehead atoms. The van der Waals surface area contributed by atoms with Crippen LogP contribution in [0.1, 0.15) is 77.6 Å². The fourth-order valence-corrected chi connectivity index (χ4v) is 2.25. The number of rotatable bonds is 12. The number of carboxylic acid groups (broad SMARTS) is 1. The highest BCUT2D eigenvalue weighted by molar-refractivity contribution is 6.21. The quantitative estimate of drug-likeness (QED) is 0.397. The number of hydrogen-bond acceptors (Lipinski definition) is 1. The Kier molecular flexibility index (Phi) is 12.1. The lowest BCUT2D eigenvalue weighted by Gasteiger charge is -2.06. The first kappa shape index (κ1) is 16.8. The Bertz CT molecular complexity index is 183. The molecule has 0 heterocycles. The Morgan fingerprint density at radius 2 is 1.47 bits per heavy atom. The molecule has 0 saturated carbocycles. The molecule has 102 valence electrons. The smallest absolute Gasteiger partial charge is 0.304 e. The summed E-state index contributed by atoms with van der Waals surface area (Å²) in [4.78, 5) is 10.4. The van der Waals surface area contributed by atoms with Crippen LogP contribution in [0.5, 0.6) is 0 Å². The van der Waals surface area contributed by atoms with Gasteiger partial charge in [-0.25, -0.2) is 0 Å². The van der Waals surface area contributed by atoms with Gasteiger partial charge in [0.2, 0.25) is 0 Å². The summed E-state index contributed by atoms with van der Waals surface area (Å²) in [5, 5.41) is 8.36. The summed E-state index contributed by atoms with van der Waals surface area (Å²) in [6.07, 6.45) is 12.5. The molecule has 0 radical (unpaired) electrons. The number of alkyl halides is 1. The van der Waals surface area contributed by atoms with Gasteiger partial charge in [0.25, 0.3) is 0 Å². The lowest BCUT2D eigenvalue weighted by atomic mass is 10.1. The fraction of sp³-hybridized carbons (Fsp3) is 0.929. The van der Waals surface area contributed by atoms with Gasteiger partial charge in [0.05, 0.1) is 6.42 Å². The molecule has 0 aromatic rings. The van der Waals surface area contributed by atoms with Crippen molar-refractivity contribution < 1.29 is 9.90 Å². The Balaban J connectivity index is 3.10. The zero-order valence-electron chi connectivity index (χ0n) is 11.1. The molecule has 0 saturated heterocycles. The van der Waals surface area contributed by atoms with Crippen molar-refractivity contribution in [1.29, 1.82) is 0 Å². The van der Waals surface area contributed by atoms with Crippen molar-refractivity contribution in [1.82, 2.24) is 0 Å². The Morgan fingerprint density at radius 3 is 1.94 bits per heavy atom. The van der Waals surface area contributed by atoms with Crippen LogP contribution in [-0.4, -0.2) is 16.5 Å². The molecule has 17 heavy (non-hydrogen) atoms. The predicted molar refractivity (Wildman–Crippen MR) is 73.7 cm³/mol. The van der Waals surface area contributed by atoms with Crippen molar-refractivity contribution in [2.75, 3.05) is 0 Å². The maximum Gasteiger partial charge on any atom is 0.304 e. The zero-order chi connectivity index (χ0) is 12.9. The van der Waals surface area contributed by atoms with Crippen LogP contribution >= 0.6 is 11.6 Å². The van der Waals surface area contributed by atoms with E-state index in [0.29, 0.717) is 0 Å². The molecule has 0 rings (SSSR count). The van der Waals surface area contributed by atoms with Gasteiger partial charge in [-0.2, -0.15) is 0 Å². The molecule has 1 unspecified atom stereocenters. The highest BCUT2D eigenvalue weighted by Gasteiger charge is 2.08. The molecule has 0 aromatic carbocycles. The van der Waals surface area contributed by atoms with Gasteiger partial charge in [-0.3, -0.25) is 4.79 Å². The standard InChI is InChI=1S/C14H27ClO2/c1-2-3-4-5-6-7-8-9-10-11-13(15)12-14(16)17/h13H,2-12H2,1H3,(H,16,17). The number of hydrogen-bond donors (Lipinski definition) is 1. The molecule has 1 atom stereocenters. The first-order valence-corrected chi connectivity index (χ1v) is 7.46. The number of carbonyl (C=O) groups is 1. The Morgan fingerprint density at radius 1 is 1.00 bits per heavy atom. The van der Waals surface area contributed by atoms with Gasteiger partial charge in [-0.1, -0.05) is 64.7 Å². The summed E-state index contributed by atoms with van der Waals surface area (Å²) in [7, 11) is 0. The Labute approximate surface area is 111 Å². The van der Waals surface area contributed by atoms with Crippen LogP contribution in [0, 0.1) is 0 Å². The first-order valence-electron chi connectivity index (χ1n) is 7.02. The maximum atomic E-state index is 10.4. The molecule has 0 aromatic heterocycles. The van der Waals surface area contributed by atoms with E-state index in [1.165, 1.54) is 51.4 Å². The molecule has 0 fully saturated rings. The third-order valence-electron chi connectivity index (χ3n) is 3.02. The summed E-state index contributed by atoms with van der Waals surface area (Å²) in [6, 6.07) is 0. The third-order valence-corrected chi connectivity index (χ3v) is 3.39. The van der Waals surface area contributed by atoms with E-state index < -0.39 is 5.97 Å². The highest BCUT2D eigenvalue weighted by atomic mass is 35.5. The molecule has 1 N–H and O–H groups in total. The van der Waals surface area contributed by atoms with Crippen molar-refractivity contribution in [2.45, 2.75) is 82.9 Å².